The highest BCUT2D eigenvalue weighted by molar-refractivity contribution is 6.33. The molecule has 2 aromatic rings. The molecule has 2 aromatic carbocycles. The molecule has 0 fully saturated rings. The molecule has 4 heteroatoms. The van der Waals surface area contributed by atoms with Gasteiger partial charge in [0.25, 0.3) is 0 Å². The molecule has 0 aliphatic carbocycles. The van der Waals surface area contributed by atoms with Crippen molar-refractivity contribution >= 4 is 17.3 Å². The van der Waals surface area contributed by atoms with E-state index in [-0.39, 0.29) is 0 Å². The molecule has 3 nitrogen and oxygen atoms in total. The number of nitrogens with zero attached hydrogens (tertiary/aromatic N) is 1. The normalized spacial score (nSPS) is 9.78. The summed E-state index contributed by atoms with van der Waals surface area (Å²) in [5.74, 6) is 0.650. The number of anilines is 1. The molecule has 18 heavy (non-hydrogen) atoms. The largest absolute Gasteiger partial charge is 0.489 e. The molecular formula is C14H11ClN2O. The second-order valence-corrected chi connectivity index (χ2v) is 4.19. The van der Waals surface area contributed by atoms with Gasteiger partial charge in [-0.2, -0.15) is 5.26 Å². The summed E-state index contributed by atoms with van der Waals surface area (Å²) in [5.41, 5.74) is 7.68. The third kappa shape index (κ3) is 2.93. The average Bonchev–Trinajstić information content (AvgIpc) is 2.40. The molecule has 0 radical (unpaired) electrons. The first-order valence-electron chi connectivity index (χ1n) is 5.36. The number of nitrogens with two attached hydrogens (primary N) is 1. The summed E-state index contributed by atoms with van der Waals surface area (Å²) in [6.45, 7) is 0.385. The topological polar surface area (TPSA) is 59.0 Å². The van der Waals surface area contributed by atoms with E-state index in [9.17, 15) is 0 Å². The van der Waals surface area contributed by atoms with Crippen LogP contribution < -0.4 is 10.5 Å². The van der Waals surface area contributed by atoms with Crippen LogP contribution in [0.4, 0.5) is 5.69 Å². The molecular weight excluding hydrogens is 248 g/mol. The van der Waals surface area contributed by atoms with Gasteiger partial charge in [0.2, 0.25) is 0 Å². The molecule has 0 heterocycles. The van der Waals surface area contributed by atoms with Crippen molar-refractivity contribution in [1.29, 1.82) is 5.26 Å². The van der Waals surface area contributed by atoms with Gasteiger partial charge < -0.3 is 10.5 Å². The van der Waals surface area contributed by atoms with E-state index in [0.29, 0.717) is 28.6 Å². The first kappa shape index (κ1) is 12.3. The van der Waals surface area contributed by atoms with E-state index < -0.39 is 0 Å². The Morgan fingerprint density at radius 2 is 2.06 bits per heavy atom. The molecule has 0 aliphatic rings. The lowest BCUT2D eigenvalue weighted by atomic mass is 10.1. The Morgan fingerprint density at radius 1 is 1.22 bits per heavy atom. The van der Waals surface area contributed by atoms with Crippen molar-refractivity contribution < 1.29 is 4.74 Å². The van der Waals surface area contributed by atoms with Gasteiger partial charge in [-0.15, -0.1) is 0 Å². The van der Waals surface area contributed by atoms with Gasteiger partial charge >= 0.3 is 0 Å². The maximum absolute atomic E-state index is 8.79. The summed E-state index contributed by atoms with van der Waals surface area (Å²) in [7, 11) is 0. The molecule has 0 saturated heterocycles. The highest BCUT2D eigenvalue weighted by Gasteiger charge is 2.01. The van der Waals surface area contributed by atoms with Crippen molar-refractivity contribution in [1.82, 2.24) is 0 Å². The zero-order valence-electron chi connectivity index (χ0n) is 9.56. The fourth-order valence-corrected chi connectivity index (χ4v) is 1.67. The van der Waals surface area contributed by atoms with Gasteiger partial charge in [0.1, 0.15) is 12.4 Å². The number of hydrogen-bond acceptors (Lipinski definition) is 3. The van der Waals surface area contributed by atoms with Crippen LogP contribution in [0.3, 0.4) is 0 Å². The van der Waals surface area contributed by atoms with Crippen LogP contribution in [0, 0.1) is 11.3 Å². The summed E-state index contributed by atoms with van der Waals surface area (Å²) in [4.78, 5) is 0. The van der Waals surface area contributed by atoms with Crippen molar-refractivity contribution in [2.24, 2.45) is 0 Å². The van der Waals surface area contributed by atoms with E-state index in [4.69, 9.17) is 27.3 Å². The van der Waals surface area contributed by atoms with Crippen LogP contribution in [-0.2, 0) is 6.61 Å². The highest BCUT2D eigenvalue weighted by atomic mass is 35.5. The minimum absolute atomic E-state index is 0.385. The molecule has 0 atom stereocenters. The van der Waals surface area contributed by atoms with E-state index >= 15 is 0 Å². The third-order valence-corrected chi connectivity index (χ3v) is 2.76. The minimum Gasteiger partial charge on any atom is -0.489 e. The van der Waals surface area contributed by atoms with Crippen LogP contribution in [0.2, 0.25) is 5.02 Å². The summed E-state index contributed by atoms with van der Waals surface area (Å²) in [5, 5.41) is 9.26. The number of hydrogen-bond donors (Lipinski definition) is 1. The van der Waals surface area contributed by atoms with E-state index in [1.54, 1.807) is 30.3 Å². The summed E-state index contributed by atoms with van der Waals surface area (Å²) in [6, 6.07) is 14.5. The number of rotatable bonds is 3. The van der Waals surface area contributed by atoms with Crippen LogP contribution in [0.1, 0.15) is 11.1 Å². The van der Waals surface area contributed by atoms with Gasteiger partial charge in [-0.05, 0) is 29.8 Å². The average molecular weight is 259 g/mol. The summed E-state index contributed by atoms with van der Waals surface area (Å²) < 4.78 is 5.58. The molecule has 90 valence electrons. The first-order valence-corrected chi connectivity index (χ1v) is 5.73. The number of nitrogen functional groups attached to an aromatic ring is 1. The van der Waals surface area contributed by atoms with Gasteiger partial charge in [-0.25, -0.2) is 0 Å². The predicted octanol–water partition coefficient (Wildman–Crippen LogP) is 3.37. The van der Waals surface area contributed by atoms with Crippen LogP contribution >= 0.6 is 11.6 Å². The quantitative estimate of drug-likeness (QED) is 0.859. The van der Waals surface area contributed by atoms with E-state index in [2.05, 4.69) is 6.07 Å². The van der Waals surface area contributed by atoms with Gasteiger partial charge in [0.15, 0.2) is 0 Å². The Hall–Kier alpha value is -2.18. The number of benzene rings is 2. The number of ether oxygens (including phenoxy) is 1. The maximum atomic E-state index is 8.79. The van der Waals surface area contributed by atoms with Gasteiger partial charge in [0.05, 0.1) is 22.3 Å². The standard InChI is InChI=1S/C14H11ClN2O/c15-13-7-12(4-5-14(13)17)18-9-11-3-1-2-10(6-11)8-16/h1-7H,9,17H2. The summed E-state index contributed by atoms with van der Waals surface area (Å²) >= 11 is 5.90. The lowest BCUT2D eigenvalue weighted by Gasteiger charge is -2.07. The Kier molecular flexibility index (Phi) is 3.71. The highest BCUT2D eigenvalue weighted by Crippen LogP contribution is 2.24. The predicted molar refractivity (Wildman–Crippen MR) is 71.4 cm³/mol. The second kappa shape index (κ2) is 5.44. The van der Waals surface area contributed by atoms with Gasteiger partial charge in [-0.1, -0.05) is 23.7 Å². The molecule has 0 aliphatic heterocycles. The van der Waals surface area contributed by atoms with Crippen molar-refractivity contribution in [3.63, 3.8) is 0 Å². The fourth-order valence-electron chi connectivity index (χ4n) is 1.49. The van der Waals surface area contributed by atoms with Gasteiger partial charge in [-0.3, -0.25) is 0 Å². The van der Waals surface area contributed by atoms with Crippen LogP contribution in [-0.4, -0.2) is 0 Å². The monoisotopic (exact) mass is 258 g/mol. The van der Waals surface area contributed by atoms with Crippen LogP contribution in [0.15, 0.2) is 42.5 Å². The Bertz CT molecular complexity index is 605. The minimum atomic E-state index is 0.385. The smallest absolute Gasteiger partial charge is 0.121 e. The molecule has 2 rings (SSSR count). The lowest BCUT2D eigenvalue weighted by Crippen LogP contribution is -1.96. The van der Waals surface area contributed by atoms with Gasteiger partial charge in [0, 0.05) is 6.07 Å². The zero-order valence-corrected chi connectivity index (χ0v) is 10.3. The second-order valence-electron chi connectivity index (χ2n) is 3.78. The third-order valence-electron chi connectivity index (χ3n) is 2.43. The SMILES string of the molecule is N#Cc1cccc(COc2ccc(N)c(Cl)c2)c1. The van der Waals surface area contributed by atoms with Crippen LogP contribution in [0.25, 0.3) is 0 Å². The Labute approximate surface area is 110 Å². The molecule has 0 amide bonds. The molecule has 0 spiro atoms. The van der Waals surface area contributed by atoms with Crippen molar-refractivity contribution in [3.8, 4) is 11.8 Å². The van der Waals surface area contributed by atoms with Crippen molar-refractivity contribution in [2.75, 3.05) is 5.73 Å². The summed E-state index contributed by atoms with van der Waals surface area (Å²) in [6.07, 6.45) is 0. The molecule has 0 aromatic heterocycles. The number of halogens is 1. The number of nitriles is 1. The Morgan fingerprint density at radius 3 is 2.78 bits per heavy atom. The van der Waals surface area contributed by atoms with E-state index in [1.165, 1.54) is 0 Å². The van der Waals surface area contributed by atoms with E-state index in [0.717, 1.165) is 5.56 Å². The zero-order chi connectivity index (χ0) is 13.0. The van der Waals surface area contributed by atoms with Crippen molar-refractivity contribution in [2.45, 2.75) is 6.61 Å². The fraction of sp³-hybridized carbons (Fsp3) is 0.0714. The van der Waals surface area contributed by atoms with Crippen molar-refractivity contribution in [3.05, 3.63) is 58.6 Å². The molecule has 2 N–H and O–H groups in total. The Balaban J connectivity index is 2.07. The molecule has 0 saturated carbocycles. The van der Waals surface area contributed by atoms with E-state index in [1.807, 2.05) is 12.1 Å². The maximum Gasteiger partial charge on any atom is 0.121 e. The first-order chi connectivity index (χ1) is 8.69. The van der Waals surface area contributed by atoms with Crippen LogP contribution in [0.5, 0.6) is 5.75 Å². The lowest BCUT2D eigenvalue weighted by molar-refractivity contribution is 0.306. The molecule has 0 unspecified atom stereocenters. The molecule has 0 bridgehead atoms.